The van der Waals surface area contributed by atoms with Crippen LogP contribution in [-0.2, 0) is 11.3 Å². The van der Waals surface area contributed by atoms with Crippen LogP contribution in [-0.4, -0.2) is 62.8 Å². The number of rotatable bonds is 9. The molecule has 7 heteroatoms. The first-order chi connectivity index (χ1) is 17.5. The van der Waals surface area contributed by atoms with Gasteiger partial charge in [-0.3, -0.25) is 4.90 Å². The summed E-state index contributed by atoms with van der Waals surface area (Å²) in [6.45, 7) is 6.24. The van der Waals surface area contributed by atoms with Crippen molar-refractivity contribution < 1.29 is 19.0 Å². The Morgan fingerprint density at radius 1 is 0.889 bits per heavy atom. The third-order valence-electron chi connectivity index (χ3n) is 6.46. The Kier molecular flexibility index (Phi) is 8.81. The molecule has 0 aliphatic carbocycles. The van der Waals surface area contributed by atoms with Crippen molar-refractivity contribution in [1.82, 2.24) is 9.80 Å². The van der Waals surface area contributed by atoms with Crippen LogP contribution in [0.4, 0.5) is 10.5 Å². The molecule has 1 unspecified atom stereocenters. The van der Waals surface area contributed by atoms with Gasteiger partial charge in [-0.05, 0) is 54.4 Å². The van der Waals surface area contributed by atoms with Gasteiger partial charge < -0.3 is 24.4 Å². The van der Waals surface area contributed by atoms with E-state index in [1.807, 2.05) is 47.4 Å². The number of anilines is 1. The Labute approximate surface area is 213 Å². The maximum atomic E-state index is 12.8. The van der Waals surface area contributed by atoms with Gasteiger partial charge in [-0.2, -0.15) is 0 Å². The van der Waals surface area contributed by atoms with Gasteiger partial charge in [-0.25, -0.2) is 4.79 Å². The highest BCUT2D eigenvalue weighted by atomic mass is 16.5. The van der Waals surface area contributed by atoms with E-state index in [1.54, 1.807) is 14.2 Å². The smallest absolute Gasteiger partial charge is 0.321 e. The zero-order valence-corrected chi connectivity index (χ0v) is 21.3. The van der Waals surface area contributed by atoms with Gasteiger partial charge in [0.05, 0.1) is 26.9 Å². The lowest BCUT2D eigenvalue weighted by atomic mass is 10.1. The first-order valence-corrected chi connectivity index (χ1v) is 12.3. The molecule has 0 radical (unpaired) electrons. The Bertz CT molecular complexity index is 1110. The summed E-state index contributed by atoms with van der Waals surface area (Å²) in [4.78, 5) is 17.0. The normalized spacial score (nSPS) is 14.8. The van der Waals surface area contributed by atoms with E-state index in [1.165, 1.54) is 5.56 Å². The number of piperazine rings is 1. The zero-order valence-electron chi connectivity index (χ0n) is 21.3. The largest absolute Gasteiger partial charge is 0.497 e. The molecule has 36 heavy (non-hydrogen) atoms. The average molecular weight is 490 g/mol. The van der Waals surface area contributed by atoms with Crippen molar-refractivity contribution in [3.8, 4) is 11.5 Å². The molecule has 190 valence electrons. The van der Waals surface area contributed by atoms with Gasteiger partial charge in [-0.1, -0.05) is 42.0 Å². The van der Waals surface area contributed by atoms with E-state index in [0.717, 1.165) is 47.9 Å². The van der Waals surface area contributed by atoms with Crippen LogP contribution in [0.2, 0.25) is 0 Å². The Hall–Kier alpha value is -3.55. The van der Waals surface area contributed by atoms with Gasteiger partial charge in [-0.15, -0.1) is 0 Å². The number of methoxy groups -OCH3 is 2. The van der Waals surface area contributed by atoms with Crippen LogP contribution >= 0.6 is 0 Å². The van der Waals surface area contributed by atoms with Crippen molar-refractivity contribution in [2.45, 2.75) is 19.6 Å². The summed E-state index contributed by atoms with van der Waals surface area (Å²) in [5, 5.41) is 2.97. The molecule has 0 spiro atoms. The molecule has 2 amide bonds. The predicted octanol–water partition coefficient (Wildman–Crippen LogP) is 5.12. The van der Waals surface area contributed by atoms with Crippen LogP contribution in [0.3, 0.4) is 0 Å². The monoisotopic (exact) mass is 489 g/mol. The van der Waals surface area contributed by atoms with E-state index >= 15 is 0 Å². The molecule has 1 N–H and O–H groups in total. The molecular weight excluding hydrogens is 454 g/mol. The molecule has 1 atom stereocenters. The molecule has 0 saturated carbocycles. The second-order valence-corrected chi connectivity index (χ2v) is 9.01. The molecule has 1 aliphatic heterocycles. The fourth-order valence-corrected chi connectivity index (χ4v) is 4.22. The lowest BCUT2D eigenvalue weighted by molar-refractivity contribution is 0.00584. The van der Waals surface area contributed by atoms with E-state index in [9.17, 15) is 4.79 Å². The SMILES string of the molecule is COc1ccc(NC(=O)N2CCN(CC(OCc3ccc(C)cc3)c3cccc(OC)c3)CC2)cc1. The van der Waals surface area contributed by atoms with Crippen molar-refractivity contribution in [1.29, 1.82) is 0 Å². The average Bonchev–Trinajstić information content (AvgIpc) is 2.92. The fraction of sp³-hybridized carbons (Fsp3) is 0.345. The fourth-order valence-electron chi connectivity index (χ4n) is 4.22. The Morgan fingerprint density at radius 2 is 1.58 bits per heavy atom. The predicted molar refractivity (Wildman–Crippen MR) is 142 cm³/mol. The van der Waals surface area contributed by atoms with E-state index in [-0.39, 0.29) is 12.1 Å². The minimum Gasteiger partial charge on any atom is -0.497 e. The van der Waals surface area contributed by atoms with Crippen LogP contribution in [0.15, 0.2) is 72.8 Å². The van der Waals surface area contributed by atoms with Crippen LogP contribution in [0.5, 0.6) is 11.5 Å². The summed E-state index contributed by atoms with van der Waals surface area (Å²) in [6.07, 6.45) is -0.110. The maximum absolute atomic E-state index is 12.8. The number of benzene rings is 3. The third kappa shape index (κ3) is 6.99. The Balaban J connectivity index is 1.35. The van der Waals surface area contributed by atoms with E-state index in [2.05, 4.69) is 47.5 Å². The summed E-state index contributed by atoms with van der Waals surface area (Å²) >= 11 is 0. The van der Waals surface area contributed by atoms with Crippen molar-refractivity contribution in [3.63, 3.8) is 0 Å². The number of carbonyl (C=O) groups excluding carboxylic acids is 1. The molecule has 1 heterocycles. The lowest BCUT2D eigenvalue weighted by Gasteiger charge is -2.36. The number of nitrogens with zero attached hydrogens (tertiary/aromatic N) is 2. The van der Waals surface area contributed by atoms with Gasteiger partial charge in [0.25, 0.3) is 0 Å². The minimum atomic E-state index is -0.110. The molecule has 1 saturated heterocycles. The van der Waals surface area contributed by atoms with Gasteiger partial charge in [0.2, 0.25) is 0 Å². The van der Waals surface area contributed by atoms with Crippen LogP contribution in [0, 0.1) is 6.92 Å². The quantitative estimate of drug-likeness (QED) is 0.452. The molecule has 0 bridgehead atoms. The number of amides is 2. The van der Waals surface area contributed by atoms with Gasteiger partial charge in [0, 0.05) is 38.4 Å². The molecule has 1 fully saturated rings. The number of hydrogen-bond acceptors (Lipinski definition) is 5. The summed E-state index contributed by atoms with van der Waals surface area (Å²) in [6, 6.07) is 23.8. The molecular formula is C29H35N3O4. The highest BCUT2D eigenvalue weighted by Crippen LogP contribution is 2.25. The highest BCUT2D eigenvalue weighted by molar-refractivity contribution is 5.89. The number of nitrogens with one attached hydrogen (secondary N) is 1. The first kappa shape index (κ1) is 25.5. The van der Waals surface area contributed by atoms with E-state index < -0.39 is 0 Å². The second kappa shape index (κ2) is 12.4. The molecule has 1 aliphatic rings. The summed E-state index contributed by atoms with van der Waals surface area (Å²) in [5.41, 5.74) is 4.22. The molecule has 4 rings (SSSR count). The number of aryl methyl sites for hydroxylation is 1. The van der Waals surface area contributed by atoms with Crippen molar-refractivity contribution in [2.75, 3.05) is 52.3 Å². The van der Waals surface area contributed by atoms with Gasteiger partial charge in [0.15, 0.2) is 0 Å². The van der Waals surface area contributed by atoms with Crippen LogP contribution in [0.25, 0.3) is 0 Å². The highest BCUT2D eigenvalue weighted by Gasteiger charge is 2.24. The number of urea groups is 1. The van der Waals surface area contributed by atoms with E-state index in [4.69, 9.17) is 14.2 Å². The molecule has 7 nitrogen and oxygen atoms in total. The lowest BCUT2D eigenvalue weighted by Crippen LogP contribution is -2.50. The molecule has 3 aromatic rings. The number of hydrogen-bond donors (Lipinski definition) is 1. The Morgan fingerprint density at radius 3 is 2.25 bits per heavy atom. The molecule has 3 aromatic carbocycles. The topological polar surface area (TPSA) is 63.3 Å². The number of carbonyl (C=O) groups is 1. The van der Waals surface area contributed by atoms with E-state index in [0.29, 0.717) is 19.7 Å². The maximum Gasteiger partial charge on any atom is 0.321 e. The summed E-state index contributed by atoms with van der Waals surface area (Å²) < 4.78 is 17.1. The van der Waals surface area contributed by atoms with Crippen molar-refractivity contribution in [2.24, 2.45) is 0 Å². The summed E-state index contributed by atoms with van der Waals surface area (Å²) in [5.74, 6) is 1.58. The second-order valence-electron chi connectivity index (χ2n) is 9.01. The van der Waals surface area contributed by atoms with Crippen LogP contribution < -0.4 is 14.8 Å². The third-order valence-corrected chi connectivity index (χ3v) is 6.46. The van der Waals surface area contributed by atoms with Gasteiger partial charge in [0.1, 0.15) is 11.5 Å². The van der Waals surface area contributed by atoms with Crippen molar-refractivity contribution in [3.05, 3.63) is 89.5 Å². The minimum absolute atomic E-state index is 0.0835. The summed E-state index contributed by atoms with van der Waals surface area (Å²) in [7, 11) is 3.30. The zero-order chi connectivity index (χ0) is 25.3. The number of ether oxygens (including phenoxy) is 3. The first-order valence-electron chi connectivity index (χ1n) is 12.3. The standard InChI is InChI=1S/C29H35N3O4/c1-22-7-9-23(10-8-22)21-36-28(24-5-4-6-27(19-24)35-3)20-31-15-17-32(18-16-31)29(33)30-25-11-13-26(34-2)14-12-25/h4-14,19,28H,15-18,20-21H2,1-3H3,(H,30,33). The van der Waals surface area contributed by atoms with Crippen LogP contribution in [0.1, 0.15) is 22.8 Å². The van der Waals surface area contributed by atoms with Crippen molar-refractivity contribution >= 4 is 11.7 Å². The molecule has 0 aromatic heterocycles. The van der Waals surface area contributed by atoms with Gasteiger partial charge >= 0.3 is 6.03 Å².